The van der Waals surface area contributed by atoms with Crippen molar-refractivity contribution >= 4 is 5.82 Å². The van der Waals surface area contributed by atoms with Gasteiger partial charge in [-0.15, -0.1) is 0 Å². The minimum Gasteiger partial charge on any atom is -0.494 e. The normalized spacial score (nSPS) is 10.2. The maximum Gasteiger partial charge on any atom is 0.128 e. The van der Waals surface area contributed by atoms with E-state index in [1.54, 1.807) is 6.07 Å². The molecule has 4 nitrogen and oxygen atoms in total. The van der Waals surface area contributed by atoms with E-state index in [4.69, 9.17) is 10.5 Å². The lowest BCUT2D eigenvalue weighted by Crippen LogP contribution is -1.97. The van der Waals surface area contributed by atoms with Crippen molar-refractivity contribution in [3.8, 4) is 17.0 Å². The van der Waals surface area contributed by atoms with E-state index >= 15 is 0 Å². The summed E-state index contributed by atoms with van der Waals surface area (Å²) >= 11 is 0. The molecule has 1 heterocycles. The van der Waals surface area contributed by atoms with Crippen LogP contribution < -0.4 is 10.5 Å². The van der Waals surface area contributed by atoms with Gasteiger partial charge in [0.05, 0.1) is 12.3 Å². The van der Waals surface area contributed by atoms with E-state index in [-0.39, 0.29) is 0 Å². The lowest BCUT2D eigenvalue weighted by atomic mass is 10.1. The Morgan fingerprint density at radius 1 is 1.24 bits per heavy atom. The number of aromatic nitrogens is 2. The van der Waals surface area contributed by atoms with Crippen LogP contribution in [0.5, 0.6) is 5.75 Å². The number of rotatable bonds is 3. The second-order valence-corrected chi connectivity index (χ2v) is 3.69. The number of hydrogen-bond donors (Lipinski definition) is 1. The van der Waals surface area contributed by atoms with E-state index in [9.17, 15) is 0 Å². The van der Waals surface area contributed by atoms with E-state index in [1.165, 1.54) is 0 Å². The van der Waals surface area contributed by atoms with Crippen LogP contribution in [0.15, 0.2) is 30.3 Å². The highest BCUT2D eigenvalue weighted by molar-refractivity contribution is 5.63. The molecule has 2 aromatic rings. The first-order valence-electron chi connectivity index (χ1n) is 5.53. The molecule has 88 valence electrons. The molecule has 17 heavy (non-hydrogen) atoms. The van der Waals surface area contributed by atoms with Gasteiger partial charge < -0.3 is 10.5 Å². The average molecular weight is 229 g/mol. The van der Waals surface area contributed by atoms with E-state index < -0.39 is 0 Å². The van der Waals surface area contributed by atoms with Crippen LogP contribution in [0.1, 0.15) is 12.7 Å². The minimum atomic E-state index is 0.481. The number of ether oxygens (including phenoxy) is 1. The van der Waals surface area contributed by atoms with E-state index in [2.05, 4.69) is 9.97 Å². The third-order valence-corrected chi connectivity index (χ3v) is 2.30. The van der Waals surface area contributed by atoms with Gasteiger partial charge in [0, 0.05) is 11.6 Å². The predicted molar refractivity (Wildman–Crippen MR) is 67.8 cm³/mol. The standard InChI is InChI=1S/C13H15N3O/c1-3-17-11-6-4-5-10(7-11)12-8-13(14)16-9(2)15-12/h4-8H,3H2,1-2H3,(H2,14,15,16). The fourth-order valence-corrected chi connectivity index (χ4v) is 1.65. The zero-order valence-corrected chi connectivity index (χ0v) is 9.97. The van der Waals surface area contributed by atoms with E-state index in [0.717, 1.165) is 17.0 Å². The van der Waals surface area contributed by atoms with Crippen molar-refractivity contribution in [1.29, 1.82) is 0 Å². The van der Waals surface area contributed by atoms with Gasteiger partial charge in [-0.05, 0) is 26.0 Å². The summed E-state index contributed by atoms with van der Waals surface area (Å²) in [5, 5.41) is 0. The lowest BCUT2D eigenvalue weighted by Gasteiger charge is -2.06. The first-order valence-corrected chi connectivity index (χ1v) is 5.53. The predicted octanol–water partition coefficient (Wildman–Crippen LogP) is 2.43. The second-order valence-electron chi connectivity index (χ2n) is 3.69. The minimum absolute atomic E-state index is 0.481. The molecule has 1 aromatic carbocycles. The SMILES string of the molecule is CCOc1cccc(-c2cc(N)nc(C)n2)c1. The van der Waals surface area contributed by atoms with E-state index in [1.807, 2.05) is 38.1 Å². The number of aryl methyl sites for hydroxylation is 1. The van der Waals surface area contributed by atoms with Crippen molar-refractivity contribution in [3.63, 3.8) is 0 Å². The van der Waals surface area contributed by atoms with Gasteiger partial charge in [0.1, 0.15) is 17.4 Å². The zero-order valence-electron chi connectivity index (χ0n) is 9.97. The van der Waals surface area contributed by atoms with Crippen molar-refractivity contribution in [2.45, 2.75) is 13.8 Å². The molecule has 0 aliphatic heterocycles. The van der Waals surface area contributed by atoms with Crippen molar-refractivity contribution in [2.75, 3.05) is 12.3 Å². The van der Waals surface area contributed by atoms with Gasteiger partial charge in [0.15, 0.2) is 0 Å². The topological polar surface area (TPSA) is 61.0 Å². The van der Waals surface area contributed by atoms with Crippen LogP contribution in [0.25, 0.3) is 11.3 Å². The number of anilines is 1. The highest BCUT2D eigenvalue weighted by Crippen LogP contribution is 2.23. The highest BCUT2D eigenvalue weighted by atomic mass is 16.5. The van der Waals surface area contributed by atoms with Crippen LogP contribution in [0.3, 0.4) is 0 Å². The highest BCUT2D eigenvalue weighted by Gasteiger charge is 2.04. The van der Waals surface area contributed by atoms with Gasteiger partial charge in [0.2, 0.25) is 0 Å². The molecule has 0 aliphatic rings. The van der Waals surface area contributed by atoms with Gasteiger partial charge in [0.25, 0.3) is 0 Å². The Bertz CT molecular complexity index is 506. The first-order chi connectivity index (χ1) is 8.19. The molecule has 1 aromatic heterocycles. The molecule has 0 fully saturated rings. The van der Waals surface area contributed by atoms with Crippen LogP contribution in [-0.2, 0) is 0 Å². The maximum absolute atomic E-state index is 5.71. The van der Waals surface area contributed by atoms with Crippen LogP contribution in [0.2, 0.25) is 0 Å². The molecule has 0 saturated carbocycles. The third kappa shape index (κ3) is 2.72. The Morgan fingerprint density at radius 2 is 2.06 bits per heavy atom. The summed E-state index contributed by atoms with van der Waals surface area (Å²) in [7, 11) is 0. The number of nitrogen functional groups attached to an aromatic ring is 1. The van der Waals surface area contributed by atoms with Gasteiger partial charge in [-0.2, -0.15) is 0 Å². The molecule has 0 aliphatic carbocycles. The zero-order chi connectivity index (χ0) is 12.3. The average Bonchev–Trinajstić information content (AvgIpc) is 2.28. The Labute approximate surface area is 100 Å². The summed E-state index contributed by atoms with van der Waals surface area (Å²) in [4.78, 5) is 8.41. The third-order valence-electron chi connectivity index (χ3n) is 2.30. The second kappa shape index (κ2) is 4.82. The molecular formula is C13H15N3O. The van der Waals surface area contributed by atoms with Crippen molar-refractivity contribution < 1.29 is 4.74 Å². The van der Waals surface area contributed by atoms with Gasteiger partial charge in [-0.1, -0.05) is 12.1 Å². The molecule has 0 atom stereocenters. The fourth-order valence-electron chi connectivity index (χ4n) is 1.65. The monoisotopic (exact) mass is 229 g/mol. The van der Waals surface area contributed by atoms with E-state index in [0.29, 0.717) is 18.2 Å². The molecule has 0 unspecified atom stereocenters. The van der Waals surface area contributed by atoms with Gasteiger partial charge in [-0.3, -0.25) is 0 Å². The molecule has 0 spiro atoms. The summed E-state index contributed by atoms with van der Waals surface area (Å²) in [5.74, 6) is 1.98. The fraction of sp³-hybridized carbons (Fsp3) is 0.231. The molecule has 0 bridgehead atoms. The summed E-state index contributed by atoms with van der Waals surface area (Å²) in [6.07, 6.45) is 0. The van der Waals surface area contributed by atoms with Crippen molar-refractivity contribution in [2.24, 2.45) is 0 Å². The van der Waals surface area contributed by atoms with Crippen LogP contribution in [0, 0.1) is 6.92 Å². The molecule has 4 heteroatoms. The first kappa shape index (κ1) is 11.4. The Kier molecular flexibility index (Phi) is 3.23. The molecule has 0 amide bonds. The smallest absolute Gasteiger partial charge is 0.128 e. The summed E-state index contributed by atoms with van der Waals surface area (Å²) < 4.78 is 5.45. The van der Waals surface area contributed by atoms with Crippen LogP contribution in [0.4, 0.5) is 5.82 Å². The van der Waals surface area contributed by atoms with Gasteiger partial charge in [-0.25, -0.2) is 9.97 Å². The Hall–Kier alpha value is -2.10. The molecular weight excluding hydrogens is 214 g/mol. The molecule has 0 saturated heterocycles. The molecule has 2 rings (SSSR count). The maximum atomic E-state index is 5.71. The quantitative estimate of drug-likeness (QED) is 0.878. The van der Waals surface area contributed by atoms with Crippen LogP contribution in [-0.4, -0.2) is 16.6 Å². The lowest BCUT2D eigenvalue weighted by molar-refractivity contribution is 0.340. The van der Waals surface area contributed by atoms with Crippen molar-refractivity contribution in [1.82, 2.24) is 9.97 Å². The van der Waals surface area contributed by atoms with Crippen molar-refractivity contribution in [3.05, 3.63) is 36.2 Å². The summed E-state index contributed by atoms with van der Waals surface area (Å²) in [6.45, 7) is 4.43. The largest absolute Gasteiger partial charge is 0.494 e. The molecule has 2 N–H and O–H groups in total. The summed E-state index contributed by atoms with van der Waals surface area (Å²) in [5.41, 5.74) is 7.51. The number of nitrogens with two attached hydrogens (primary N) is 1. The summed E-state index contributed by atoms with van der Waals surface area (Å²) in [6, 6.07) is 9.55. The number of nitrogens with zero attached hydrogens (tertiary/aromatic N) is 2. The number of benzene rings is 1. The van der Waals surface area contributed by atoms with Crippen LogP contribution >= 0.6 is 0 Å². The Balaban J connectivity index is 2.41. The van der Waals surface area contributed by atoms with Gasteiger partial charge >= 0.3 is 0 Å². The number of hydrogen-bond acceptors (Lipinski definition) is 4. The molecule has 0 radical (unpaired) electrons. The Morgan fingerprint density at radius 3 is 2.76 bits per heavy atom.